The maximum atomic E-state index is 9.33. The number of aliphatic hydroxyl groups is 3. The van der Waals surface area contributed by atoms with Crippen LogP contribution in [0.25, 0.3) is 0 Å². The van der Waals surface area contributed by atoms with Crippen LogP contribution in [0.4, 0.5) is 5.82 Å². The van der Waals surface area contributed by atoms with Crippen molar-refractivity contribution in [3.8, 4) is 0 Å². The van der Waals surface area contributed by atoms with Crippen molar-refractivity contribution >= 4 is 17.4 Å². The number of rotatable bonds is 6. The summed E-state index contributed by atoms with van der Waals surface area (Å²) in [4.78, 5) is 8.61. The molecule has 0 amide bonds. The van der Waals surface area contributed by atoms with Crippen LogP contribution in [0.1, 0.15) is 30.1 Å². The third-order valence-electron chi connectivity index (χ3n) is 3.34. The van der Waals surface area contributed by atoms with E-state index in [1.165, 1.54) is 0 Å². The highest BCUT2D eigenvalue weighted by molar-refractivity contribution is 6.30. The van der Waals surface area contributed by atoms with Crippen molar-refractivity contribution in [1.29, 1.82) is 0 Å². The van der Waals surface area contributed by atoms with Crippen molar-refractivity contribution < 1.29 is 15.3 Å². The summed E-state index contributed by atoms with van der Waals surface area (Å²) >= 11 is 6.07. The molecule has 106 valence electrons. The molecule has 0 unspecified atom stereocenters. The van der Waals surface area contributed by atoms with Crippen molar-refractivity contribution in [3.05, 3.63) is 16.5 Å². The molecule has 0 saturated heterocycles. The predicted molar refractivity (Wildman–Crippen MR) is 71.4 cm³/mol. The molecule has 7 heteroatoms. The number of halogens is 1. The number of hydrogen-bond acceptors (Lipinski definition) is 6. The first-order chi connectivity index (χ1) is 9.05. The second-order valence-corrected chi connectivity index (χ2v) is 5.36. The van der Waals surface area contributed by atoms with Gasteiger partial charge in [-0.05, 0) is 19.8 Å². The minimum atomic E-state index is -1.22. The summed E-state index contributed by atoms with van der Waals surface area (Å²) in [6.07, 6.45) is 2.09. The highest BCUT2D eigenvalue weighted by Gasteiger charge is 2.32. The molecule has 0 spiro atoms. The summed E-state index contributed by atoms with van der Waals surface area (Å²) in [7, 11) is 0. The smallest absolute Gasteiger partial charge is 0.137 e. The highest BCUT2D eigenvalue weighted by atomic mass is 35.5. The fourth-order valence-corrected chi connectivity index (χ4v) is 1.85. The highest BCUT2D eigenvalue weighted by Crippen LogP contribution is 2.39. The summed E-state index contributed by atoms with van der Waals surface area (Å²) in [5.41, 5.74) is -0.589. The molecule has 1 aliphatic carbocycles. The molecule has 1 fully saturated rings. The monoisotopic (exact) mass is 287 g/mol. The molecule has 1 aromatic heterocycles. The summed E-state index contributed by atoms with van der Waals surface area (Å²) in [6.45, 7) is 0.498. The average Bonchev–Trinajstić information content (AvgIpc) is 3.25. The van der Waals surface area contributed by atoms with Crippen LogP contribution in [-0.2, 0) is 0 Å². The van der Waals surface area contributed by atoms with E-state index in [1.54, 1.807) is 6.92 Å². The van der Waals surface area contributed by atoms with Crippen LogP contribution in [0.2, 0.25) is 5.15 Å². The Morgan fingerprint density at radius 1 is 1.21 bits per heavy atom. The molecule has 6 nitrogen and oxygen atoms in total. The van der Waals surface area contributed by atoms with Crippen LogP contribution in [0, 0.1) is 6.92 Å². The molecule has 0 aromatic carbocycles. The van der Waals surface area contributed by atoms with Gasteiger partial charge in [0, 0.05) is 11.5 Å². The zero-order chi connectivity index (χ0) is 14.0. The van der Waals surface area contributed by atoms with Crippen LogP contribution in [-0.4, -0.2) is 50.6 Å². The zero-order valence-electron chi connectivity index (χ0n) is 10.7. The fourth-order valence-electron chi connectivity index (χ4n) is 1.67. The third kappa shape index (κ3) is 2.97. The molecular weight excluding hydrogens is 270 g/mol. The van der Waals surface area contributed by atoms with E-state index in [4.69, 9.17) is 11.6 Å². The molecule has 19 heavy (non-hydrogen) atoms. The number of nitrogens with one attached hydrogen (secondary N) is 1. The molecule has 1 aromatic rings. The Hall–Kier alpha value is -0.950. The van der Waals surface area contributed by atoms with Gasteiger partial charge < -0.3 is 20.6 Å². The minimum absolute atomic E-state index is 0.338. The van der Waals surface area contributed by atoms with Crippen molar-refractivity contribution in [3.63, 3.8) is 0 Å². The van der Waals surface area contributed by atoms with E-state index < -0.39 is 25.4 Å². The zero-order valence-corrected chi connectivity index (χ0v) is 11.5. The second kappa shape index (κ2) is 5.58. The van der Waals surface area contributed by atoms with Gasteiger partial charge in [-0.2, -0.15) is 0 Å². The Bertz CT molecular complexity index is 454. The third-order valence-corrected chi connectivity index (χ3v) is 3.71. The van der Waals surface area contributed by atoms with E-state index in [0.29, 0.717) is 28.3 Å². The summed E-state index contributed by atoms with van der Waals surface area (Å²) < 4.78 is 0. The molecule has 2 rings (SSSR count). The number of aliphatic hydroxyl groups excluding tert-OH is 3. The molecule has 1 heterocycles. The first-order valence-electron chi connectivity index (χ1n) is 6.20. The lowest BCUT2D eigenvalue weighted by Gasteiger charge is -2.30. The number of anilines is 1. The maximum Gasteiger partial charge on any atom is 0.137 e. The van der Waals surface area contributed by atoms with Crippen LogP contribution < -0.4 is 5.32 Å². The SMILES string of the molecule is Cc1c(Cl)nc(C2CC2)nc1NC(CO)(CO)CO. The van der Waals surface area contributed by atoms with Gasteiger partial charge >= 0.3 is 0 Å². The Morgan fingerprint density at radius 3 is 2.26 bits per heavy atom. The first-order valence-corrected chi connectivity index (χ1v) is 6.58. The quantitative estimate of drug-likeness (QED) is 0.567. The van der Waals surface area contributed by atoms with Gasteiger partial charge in [-0.25, -0.2) is 9.97 Å². The van der Waals surface area contributed by atoms with Crippen molar-refractivity contribution in [1.82, 2.24) is 9.97 Å². The topological polar surface area (TPSA) is 98.5 Å². The van der Waals surface area contributed by atoms with E-state index in [-0.39, 0.29) is 0 Å². The maximum absolute atomic E-state index is 9.33. The van der Waals surface area contributed by atoms with Crippen LogP contribution >= 0.6 is 11.6 Å². The van der Waals surface area contributed by atoms with Gasteiger partial charge in [0.15, 0.2) is 0 Å². The Balaban J connectivity index is 2.32. The first kappa shape index (κ1) is 14.5. The lowest BCUT2D eigenvalue weighted by molar-refractivity contribution is 0.0830. The summed E-state index contributed by atoms with van der Waals surface area (Å²) in [5.74, 6) is 1.45. The number of hydrogen-bond donors (Lipinski definition) is 4. The molecule has 0 aliphatic heterocycles. The van der Waals surface area contributed by atoms with E-state index in [9.17, 15) is 15.3 Å². The van der Waals surface area contributed by atoms with Gasteiger partial charge in [-0.15, -0.1) is 0 Å². The van der Waals surface area contributed by atoms with Gasteiger partial charge in [-0.1, -0.05) is 11.6 Å². The number of nitrogens with zero attached hydrogens (tertiary/aromatic N) is 2. The minimum Gasteiger partial charge on any atom is -0.394 e. The predicted octanol–water partition coefficient (Wildman–Crippen LogP) is 0.443. The molecule has 0 atom stereocenters. The second-order valence-electron chi connectivity index (χ2n) is 5.00. The van der Waals surface area contributed by atoms with Gasteiger partial charge in [-0.3, -0.25) is 0 Å². The molecule has 0 radical (unpaired) electrons. The average molecular weight is 288 g/mol. The summed E-state index contributed by atoms with van der Waals surface area (Å²) in [5, 5.41) is 31.2. The van der Waals surface area contributed by atoms with Crippen LogP contribution in [0.5, 0.6) is 0 Å². The molecular formula is C12H18ClN3O3. The van der Waals surface area contributed by atoms with Crippen molar-refractivity contribution in [2.45, 2.75) is 31.2 Å². The number of aromatic nitrogens is 2. The normalized spacial score (nSPS) is 15.6. The van der Waals surface area contributed by atoms with Gasteiger partial charge in [0.25, 0.3) is 0 Å². The Morgan fingerprint density at radius 2 is 1.79 bits per heavy atom. The molecule has 1 saturated carbocycles. The fraction of sp³-hybridized carbons (Fsp3) is 0.667. The lowest BCUT2D eigenvalue weighted by Crippen LogP contribution is -2.49. The molecule has 4 N–H and O–H groups in total. The van der Waals surface area contributed by atoms with E-state index in [1.807, 2.05) is 0 Å². The van der Waals surface area contributed by atoms with Gasteiger partial charge in [0.1, 0.15) is 22.3 Å². The van der Waals surface area contributed by atoms with Crippen molar-refractivity contribution in [2.24, 2.45) is 0 Å². The Kier molecular flexibility index (Phi) is 4.25. The van der Waals surface area contributed by atoms with Crippen LogP contribution in [0.3, 0.4) is 0 Å². The van der Waals surface area contributed by atoms with E-state index in [0.717, 1.165) is 12.8 Å². The molecule has 0 bridgehead atoms. The van der Waals surface area contributed by atoms with E-state index in [2.05, 4.69) is 15.3 Å². The molecule has 1 aliphatic rings. The Labute approximate surface area is 116 Å². The van der Waals surface area contributed by atoms with Crippen LogP contribution in [0.15, 0.2) is 0 Å². The largest absolute Gasteiger partial charge is 0.394 e. The van der Waals surface area contributed by atoms with Crippen molar-refractivity contribution in [2.75, 3.05) is 25.1 Å². The van der Waals surface area contributed by atoms with Gasteiger partial charge in [0.05, 0.1) is 19.8 Å². The standard InChI is InChI=1S/C12H18ClN3O3/c1-7-9(13)14-11(8-2-3-8)15-10(7)16-12(4-17,5-18)6-19/h8,17-19H,2-6H2,1H3,(H,14,15,16). The van der Waals surface area contributed by atoms with Gasteiger partial charge in [0.2, 0.25) is 0 Å². The lowest BCUT2D eigenvalue weighted by atomic mass is 10.0. The van der Waals surface area contributed by atoms with E-state index >= 15 is 0 Å². The summed E-state index contributed by atoms with van der Waals surface area (Å²) in [6, 6.07) is 0.